The molecule has 262 valence electrons. The Labute approximate surface area is 283 Å². The number of benzene rings is 1. The molecule has 0 amide bonds. The molecule has 47 heavy (non-hydrogen) atoms. The Morgan fingerprint density at radius 1 is 0.851 bits per heavy atom. The first-order valence-corrected chi connectivity index (χ1v) is 18.7. The first kappa shape index (κ1) is 37.4. The number of hydrogen-bond donors (Lipinski definition) is 1. The fourth-order valence-electron chi connectivity index (χ4n) is 8.66. The first-order chi connectivity index (χ1) is 22.6. The molecule has 0 aliphatic heterocycles. The minimum Gasteiger partial charge on any atom is -0.462 e. The Morgan fingerprint density at radius 3 is 1.98 bits per heavy atom. The Hall–Kier alpha value is -2.47. The molecule has 0 heterocycles. The lowest BCUT2D eigenvalue weighted by molar-refractivity contribution is -0.146. The van der Waals surface area contributed by atoms with E-state index in [0.29, 0.717) is 29.2 Å². The van der Waals surface area contributed by atoms with Crippen molar-refractivity contribution in [1.82, 2.24) is 0 Å². The highest BCUT2D eigenvalue weighted by Gasteiger charge is 2.35. The van der Waals surface area contributed by atoms with Gasteiger partial charge in [-0.05, 0) is 144 Å². The summed E-state index contributed by atoms with van der Waals surface area (Å²) in [7, 11) is 0. The molecule has 0 spiro atoms. The van der Waals surface area contributed by atoms with E-state index < -0.39 is 18.0 Å². The number of aliphatic hydroxyl groups is 1. The van der Waals surface area contributed by atoms with E-state index >= 15 is 4.39 Å². The molecule has 1 N–H and O–H groups in total. The number of ether oxygens (including phenoxy) is 2. The van der Waals surface area contributed by atoms with E-state index in [2.05, 4.69) is 32.2 Å². The molecule has 4 rings (SSSR count). The number of carbonyl (C=O) groups is 2. The van der Waals surface area contributed by atoms with Crippen LogP contribution in [0.3, 0.4) is 0 Å². The Bertz CT molecular complexity index is 1180. The number of carbonyl (C=O) groups excluding carboxylic acids is 2. The van der Waals surface area contributed by atoms with Gasteiger partial charge in [0.1, 0.15) is 5.82 Å². The maximum Gasteiger partial charge on any atom is 0.336 e. The second-order valence-corrected chi connectivity index (χ2v) is 15.2. The van der Waals surface area contributed by atoms with Crippen LogP contribution in [-0.2, 0) is 19.1 Å². The third-order valence-electron chi connectivity index (χ3n) is 11.9. The number of halogens is 1. The molecule has 0 radical (unpaired) electrons. The van der Waals surface area contributed by atoms with E-state index in [0.717, 1.165) is 62.8 Å². The van der Waals surface area contributed by atoms with Crippen LogP contribution in [0.1, 0.15) is 146 Å². The Morgan fingerprint density at radius 2 is 1.43 bits per heavy atom. The van der Waals surface area contributed by atoms with Crippen molar-refractivity contribution < 1.29 is 28.6 Å². The van der Waals surface area contributed by atoms with E-state index in [1.54, 1.807) is 6.92 Å². The van der Waals surface area contributed by atoms with Gasteiger partial charge in [-0.15, -0.1) is 0 Å². The highest BCUT2D eigenvalue weighted by molar-refractivity contribution is 5.88. The fraction of sp³-hybridized carbons (Fsp3) is 0.707. The van der Waals surface area contributed by atoms with E-state index in [-0.39, 0.29) is 36.4 Å². The van der Waals surface area contributed by atoms with Crippen molar-refractivity contribution in [3.8, 4) is 0 Å². The standard InChI is InChI=1S/C41H61FO5/c1-6-7-8-9-30-10-12-33(13-11-30)36-22-23-38(39(42)24-36)35-20-18-32(19-21-35)31-14-16-34(17-15-31)37(25-46-40(44)27(2)3)26-47-41(45)28(4)29(5)43/h22-24,29-35,37,43H,2,4,6-21,25-26H2,1,3,5H3. The largest absolute Gasteiger partial charge is 0.462 e. The minimum absolute atomic E-state index is 0.00707. The molecule has 3 saturated carbocycles. The van der Waals surface area contributed by atoms with Crippen LogP contribution < -0.4 is 0 Å². The normalized spacial score (nSPS) is 27.8. The number of unbranched alkanes of at least 4 members (excludes halogenated alkanes) is 2. The number of hydrogen-bond acceptors (Lipinski definition) is 5. The smallest absolute Gasteiger partial charge is 0.336 e. The lowest BCUT2D eigenvalue weighted by atomic mass is 9.67. The molecule has 2 atom stereocenters. The fourth-order valence-corrected chi connectivity index (χ4v) is 8.66. The maximum absolute atomic E-state index is 15.5. The van der Waals surface area contributed by atoms with Crippen molar-refractivity contribution in [2.45, 2.75) is 141 Å². The van der Waals surface area contributed by atoms with Crippen LogP contribution in [0.5, 0.6) is 0 Å². The van der Waals surface area contributed by atoms with Gasteiger partial charge in [0.25, 0.3) is 0 Å². The predicted molar refractivity (Wildman–Crippen MR) is 186 cm³/mol. The molecule has 1 aromatic carbocycles. The van der Waals surface area contributed by atoms with Gasteiger partial charge in [0.05, 0.1) is 24.9 Å². The Balaban J connectivity index is 1.24. The van der Waals surface area contributed by atoms with Crippen LogP contribution in [0.15, 0.2) is 42.5 Å². The zero-order valence-corrected chi connectivity index (χ0v) is 29.5. The third-order valence-corrected chi connectivity index (χ3v) is 11.9. The van der Waals surface area contributed by atoms with Crippen molar-refractivity contribution in [2.75, 3.05) is 13.2 Å². The summed E-state index contributed by atoms with van der Waals surface area (Å²) in [4.78, 5) is 24.4. The van der Waals surface area contributed by atoms with E-state index in [1.165, 1.54) is 63.9 Å². The maximum atomic E-state index is 15.5. The summed E-state index contributed by atoms with van der Waals surface area (Å²) < 4.78 is 26.5. The van der Waals surface area contributed by atoms with Gasteiger partial charge in [-0.1, -0.05) is 57.9 Å². The van der Waals surface area contributed by atoms with Crippen molar-refractivity contribution in [3.63, 3.8) is 0 Å². The second-order valence-electron chi connectivity index (χ2n) is 15.2. The first-order valence-electron chi connectivity index (χ1n) is 18.7. The average Bonchev–Trinajstić information content (AvgIpc) is 3.08. The van der Waals surface area contributed by atoms with Crippen LogP contribution in [0.4, 0.5) is 4.39 Å². The molecule has 2 unspecified atom stereocenters. The highest BCUT2D eigenvalue weighted by atomic mass is 19.1. The van der Waals surface area contributed by atoms with Gasteiger partial charge in [-0.2, -0.15) is 0 Å². The third kappa shape index (κ3) is 10.8. The van der Waals surface area contributed by atoms with Crippen molar-refractivity contribution in [2.24, 2.45) is 29.6 Å². The number of aliphatic hydroxyl groups excluding tert-OH is 1. The highest BCUT2D eigenvalue weighted by Crippen LogP contribution is 2.46. The molecule has 3 aliphatic rings. The number of rotatable bonds is 15. The van der Waals surface area contributed by atoms with Crippen LogP contribution in [0.25, 0.3) is 0 Å². The van der Waals surface area contributed by atoms with Gasteiger partial charge in [0.15, 0.2) is 0 Å². The summed E-state index contributed by atoms with van der Waals surface area (Å²) in [5.41, 5.74) is 2.49. The summed E-state index contributed by atoms with van der Waals surface area (Å²) in [5, 5.41) is 9.69. The van der Waals surface area contributed by atoms with Crippen LogP contribution in [0, 0.1) is 35.4 Å². The summed E-state index contributed by atoms with van der Waals surface area (Å²) in [6, 6.07) is 6.21. The zero-order chi connectivity index (χ0) is 33.9. The van der Waals surface area contributed by atoms with Gasteiger partial charge in [-0.3, -0.25) is 0 Å². The molecule has 3 fully saturated rings. The summed E-state index contributed by atoms with van der Waals surface area (Å²) >= 11 is 0. The van der Waals surface area contributed by atoms with Crippen molar-refractivity contribution in [3.05, 3.63) is 59.4 Å². The molecule has 5 nitrogen and oxygen atoms in total. The van der Waals surface area contributed by atoms with Gasteiger partial charge < -0.3 is 14.6 Å². The van der Waals surface area contributed by atoms with Crippen molar-refractivity contribution >= 4 is 11.9 Å². The molecule has 0 bridgehead atoms. The molecule has 0 saturated heterocycles. The average molecular weight is 653 g/mol. The van der Waals surface area contributed by atoms with Crippen LogP contribution >= 0.6 is 0 Å². The summed E-state index contributed by atoms with van der Waals surface area (Å²) in [6.07, 6.45) is 17.9. The second kappa shape index (κ2) is 18.3. The molecular weight excluding hydrogens is 591 g/mol. The minimum atomic E-state index is -0.974. The quantitative estimate of drug-likeness (QED) is 0.116. The van der Waals surface area contributed by atoms with Crippen molar-refractivity contribution in [1.29, 1.82) is 0 Å². The van der Waals surface area contributed by atoms with E-state index in [9.17, 15) is 14.7 Å². The summed E-state index contributed by atoms with van der Waals surface area (Å²) in [5.74, 6) is 2.11. The topological polar surface area (TPSA) is 72.8 Å². The zero-order valence-electron chi connectivity index (χ0n) is 29.5. The van der Waals surface area contributed by atoms with Crippen LogP contribution in [-0.4, -0.2) is 36.4 Å². The number of esters is 2. The lowest BCUT2D eigenvalue weighted by Gasteiger charge is -2.39. The predicted octanol–water partition coefficient (Wildman–Crippen LogP) is 9.98. The van der Waals surface area contributed by atoms with Gasteiger partial charge in [0, 0.05) is 11.5 Å². The van der Waals surface area contributed by atoms with Gasteiger partial charge in [-0.25, -0.2) is 14.0 Å². The van der Waals surface area contributed by atoms with Crippen LogP contribution in [0.2, 0.25) is 0 Å². The lowest BCUT2D eigenvalue weighted by Crippen LogP contribution is -2.33. The molecule has 3 aliphatic carbocycles. The summed E-state index contributed by atoms with van der Waals surface area (Å²) in [6.45, 7) is 13.0. The SMILES string of the molecule is C=C(C)C(=O)OCC(COC(=O)C(=C)C(C)O)C1CCC(C2CCC(c3ccc(C4CCC(CCCCC)CC4)cc3F)CC2)CC1. The molecule has 1 aromatic rings. The molecule has 6 heteroatoms. The molecule has 0 aromatic heterocycles. The monoisotopic (exact) mass is 652 g/mol. The molecular formula is C41H61FO5. The van der Waals surface area contributed by atoms with E-state index in [4.69, 9.17) is 9.47 Å². The Kier molecular flexibility index (Phi) is 14.6. The van der Waals surface area contributed by atoms with Gasteiger partial charge >= 0.3 is 11.9 Å². The van der Waals surface area contributed by atoms with E-state index in [1.807, 2.05) is 6.07 Å². The van der Waals surface area contributed by atoms with Gasteiger partial charge in [0.2, 0.25) is 0 Å².